The maximum Gasteiger partial charge on any atom is 0.142 e. The van der Waals surface area contributed by atoms with Crippen molar-refractivity contribution in [2.75, 3.05) is 14.2 Å². The van der Waals surface area contributed by atoms with E-state index in [0.717, 1.165) is 27.8 Å². The molecule has 0 aliphatic rings. The Labute approximate surface area is 104 Å². The van der Waals surface area contributed by atoms with E-state index in [1.165, 1.54) is 0 Å². The Morgan fingerprint density at radius 3 is 2.19 bits per heavy atom. The van der Waals surface area contributed by atoms with Gasteiger partial charge in [0.05, 0.1) is 20.8 Å². The zero-order valence-electron chi connectivity index (χ0n) is 9.67. The van der Waals surface area contributed by atoms with Crippen molar-refractivity contribution in [3.05, 3.63) is 21.7 Å². The van der Waals surface area contributed by atoms with Crippen LogP contribution in [0.3, 0.4) is 0 Å². The molecule has 0 saturated carbocycles. The van der Waals surface area contributed by atoms with Gasteiger partial charge in [-0.3, -0.25) is 4.84 Å². The molecule has 1 aromatic carbocycles. The summed E-state index contributed by atoms with van der Waals surface area (Å²) in [5.74, 6) is 6.58. The molecule has 0 fully saturated rings. The Morgan fingerprint density at radius 2 is 1.75 bits per heavy atom. The molecule has 0 unspecified atom stereocenters. The van der Waals surface area contributed by atoms with Gasteiger partial charge in [0.25, 0.3) is 0 Å². The smallest absolute Gasteiger partial charge is 0.142 e. The average molecular weight is 290 g/mol. The van der Waals surface area contributed by atoms with E-state index < -0.39 is 0 Å². The molecule has 0 bridgehead atoms. The summed E-state index contributed by atoms with van der Waals surface area (Å²) in [6, 6.07) is 1.98. The molecule has 0 amide bonds. The quantitative estimate of drug-likeness (QED) is 0.846. The van der Waals surface area contributed by atoms with E-state index in [2.05, 4.69) is 27.7 Å². The fourth-order valence-corrected chi connectivity index (χ4v) is 2.46. The maximum absolute atomic E-state index is 5.34. The number of aryl methyl sites for hydroxylation is 1. The number of hydrogen-bond donors (Lipinski definition) is 1. The van der Waals surface area contributed by atoms with Gasteiger partial charge in [-0.1, -0.05) is 6.92 Å². The first-order valence-electron chi connectivity index (χ1n) is 4.93. The molecule has 5 heteroatoms. The number of halogens is 1. The van der Waals surface area contributed by atoms with Gasteiger partial charge in [0.15, 0.2) is 0 Å². The van der Waals surface area contributed by atoms with E-state index in [4.69, 9.17) is 15.4 Å². The Bertz CT molecular complexity index is 369. The van der Waals surface area contributed by atoms with Crippen LogP contribution >= 0.6 is 15.9 Å². The van der Waals surface area contributed by atoms with Crippen LogP contribution in [0.15, 0.2) is 10.5 Å². The van der Waals surface area contributed by atoms with Crippen LogP contribution in [0, 0.1) is 0 Å². The topological polar surface area (TPSA) is 53.7 Å². The van der Waals surface area contributed by atoms with Crippen LogP contribution in [0.2, 0.25) is 0 Å². The third-order valence-electron chi connectivity index (χ3n) is 2.36. The van der Waals surface area contributed by atoms with Crippen molar-refractivity contribution in [3.8, 4) is 11.5 Å². The molecule has 4 nitrogen and oxygen atoms in total. The molecule has 0 atom stereocenters. The molecule has 0 saturated heterocycles. The number of hydrogen-bond acceptors (Lipinski definition) is 4. The lowest BCUT2D eigenvalue weighted by atomic mass is 10.1. The van der Waals surface area contributed by atoms with Crippen LogP contribution in [0.25, 0.3) is 0 Å². The monoisotopic (exact) mass is 289 g/mol. The van der Waals surface area contributed by atoms with Crippen molar-refractivity contribution < 1.29 is 14.3 Å². The lowest BCUT2D eigenvalue weighted by Gasteiger charge is -2.16. The predicted octanol–water partition coefficient (Wildman–Crippen LogP) is 2.42. The largest absolute Gasteiger partial charge is 0.495 e. The van der Waals surface area contributed by atoms with E-state index in [-0.39, 0.29) is 0 Å². The SMILES string of the molecule is CCc1cc(CON)c(OC)c(Br)c1OC. The van der Waals surface area contributed by atoms with Crippen LogP contribution in [0.5, 0.6) is 11.5 Å². The van der Waals surface area contributed by atoms with Gasteiger partial charge in [0.2, 0.25) is 0 Å². The van der Waals surface area contributed by atoms with Crippen molar-refractivity contribution in [2.24, 2.45) is 5.90 Å². The lowest BCUT2D eigenvalue weighted by molar-refractivity contribution is 0.122. The number of benzene rings is 1. The van der Waals surface area contributed by atoms with Crippen LogP contribution in [0.4, 0.5) is 0 Å². The normalized spacial score (nSPS) is 10.3. The highest BCUT2D eigenvalue weighted by molar-refractivity contribution is 9.10. The molecule has 0 radical (unpaired) electrons. The van der Waals surface area contributed by atoms with E-state index in [0.29, 0.717) is 12.4 Å². The molecule has 0 aliphatic heterocycles. The van der Waals surface area contributed by atoms with Crippen LogP contribution < -0.4 is 15.4 Å². The Balaban J connectivity index is 3.35. The summed E-state index contributed by atoms with van der Waals surface area (Å²) < 4.78 is 11.4. The Hall–Kier alpha value is -0.780. The summed E-state index contributed by atoms with van der Waals surface area (Å²) in [5, 5.41) is 0. The highest BCUT2D eigenvalue weighted by atomic mass is 79.9. The molecule has 16 heavy (non-hydrogen) atoms. The highest BCUT2D eigenvalue weighted by Crippen LogP contribution is 2.40. The summed E-state index contributed by atoms with van der Waals surface area (Å²) >= 11 is 3.47. The summed E-state index contributed by atoms with van der Waals surface area (Å²) in [6.45, 7) is 2.36. The molecule has 0 heterocycles. The third-order valence-corrected chi connectivity index (χ3v) is 3.08. The Morgan fingerprint density at radius 1 is 1.19 bits per heavy atom. The molecule has 0 aromatic heterocycles. The molecular weight excluding hydrogens is 274 g/mol. The van der Waals surface area contributed by atoms with Gasteiger partial charge in [-0.25, -0.2) is 5.90 Å². The minimum absolute atomic E-state index is 0.304. The number of rotatable bonds is 5. The second kappa shape index (κ2) is 6.08. The standard InChI is InChI=1S/C11H16BrNO3/c1-4-7-5-8(6-16-13)11(15-3)9(12)10(7)14-2/h5H,4,6,13H2,1-3H3. The summed E-state index contributed by atoms with van der Waals surface area (Å²) in [7, 11) is 3.24. The molecule has 1 rings (SSSR count). The first-order valence-corrected chi connectivity index (χ1v) is 5.72. The molecule has 2 N–H and O–H groups in total. The van der Waals surface area contributed by atoms with Crippen LogP contribution in [-0.4, -0.2) is 14.2 Å². The molecule has 0 aliphatic carbocycles. The van der Waals surface area contributed by atoms with Gasteiger partial charge in [0.1, 0.15) is 16.0 Å². The fourth-order valence-electron chi connectivity index (χ4n) is 1.63. The summed E-state index contributed by atoms with van der Waals surface area (Å²) in [5.41, 5.74) is 1.98. The average Bonchev–Trinajstić information content (AvgIpc) is 2.29. The number of ether oxygens (including phenoxy) is 2. The van der Waals surface area contributed by atoms with E-state index >= 15 is 0 Å². The number of nitrogens with two attached hydrogens (primary N) is 1. The van der Waals surface area contributed by atoms with Gasteiger partial charge >= 0.3 is 0 Å². The fraction of sp³-hybridized carbons (Fsp3) is 0.455. The van der Waals surface area contributed by atoms with Crippen molar-refractivity contribution >= 4 is 15.9 Å². The van der Waals surface area contributed by atoms with Crippen molar-refractivity contribution in [1.82, 2.24) is 0 Å². The summed E-state index contributed by atoms with van der Waals surface area (Å²) in [4.78, 5) is 4.66. The molecule has 1 aromatic rings. The zero-order chi connectivity index (χ0) is 12.1. The van der Waals surface area contributed by atoms with Crippen LogP contribution in [-0.2, 0) is 17.9 Å². The van der Waals surface area contributed by atoms with Crippen LogP contribution in [0.1, 0.15) is 18.1 Å². The zero-order valence-corrected chi connectivity index (χ0v) is 11.3. The molecular formula is C11H16BrNO3. The van der Waals surface area contributed by atoms with Crippen molar-refractivity contribution in [1.29, 1.82) is 0 Å². The van der Waals surface area contributed by atoms with E-state index in [1.54, 1.807) is 14.2 Å². The second-order valence-corrected chi connectivity index (χ2v) is 4.03. The van der Waals surface area contributed by atoms with E-state index in [9.17, 15) is 0 Å². The highest BCUT2D eigenvalue weighted by Gasteiger charge is 2.16. The first kappa shape index (κ1) is 13.3. The maximum atomic E-state index is 5.34. The van der Waals surface area contributed by atoms with Gasteiger partial charge in [0, 0.05) is 5.56 Å². The van der Waals surface area contributed by atoms with Gasteiger partial charge in [-0.2, -0.15) is 0 Å². The van der Waals surface area contributed by atoms with E-state index in [1.807, 2.05) is 6.07 Å². The predicted molar refractivity (Wildman–Crippen MR) is 65.6 cm³/mol. The van der Waals surface area contributed by atoms with Gasteiger partial charge in [-0.15, -0.1) is 0 Å². The third kappa shape index (κ3) is 2.48. The van der Waals surface area contributed by atoms with Crippen molar-refractivity contribution in [3.63, 3.8) is 0 Å². The Kier molecular flexibility index (Phi) is 5.05. The minimum Gasteiger partial charge on any atom is -0.495 e. The number of methoxy groups -OCH3 is 2. The second-order valence-electron chi connectivity index (χ2n) is 3.24. The van der Waals surface area contributed by atoms with Crippen molar-refractivity contribution in [2.45, 2.75) is 20.0 Å². The van der Waals surface area contributed by atoms with Gasteiger partial charge < -0.3 is 9.47 Å². The molecule has 0 spiro atoms. The minimum atomic E-state index is 0.304. The summed E-state index contributed by atoms with van der Waals surface area (Å²) in [6.07, 6.45) is 0.864. The van der Waals surface area contributed by atoms with Gasteiger partial charge in [-0.05, 0) is 34.0 Å². The first-order chi connectivity index (χ1) is 7.69. The molecule has 90 valence electrons. The lowest BCUT2D eigenvalue weighted by Crippen LogP contribution is -2.04.